The molecule has 0 radical (unpaired) electrons. The molecular formula is C9H11BrOZn. The molecule has 0 amide bonds. The van der Waals surface area contributed by atoms with Crippen molar-refractivity contribution in [1.82, 2.24) is 0 Å². The van der Waals surface area contributed by atoms with Gasteiger partial charge in [-0.2, -0.15) is 18.2 Å². The van der Waals surface area contributed by atoms with Gasteiger partial charge in [0.2, 0.25) is 0 Å². The van der Waals surface area contributed by atoms with E-state index in [-0.39, 0.29) is 6.10 Å². The van der Waals surface area contributed by atoms with Crippen LogP contribution in [0.1, 0.15) is 13.8 Å². The van der Waals surface area contributed by atoms with E-state index in [0.717, 1.165) is 5.75 Å². The second-order valence-electron chi connectivity index (χ2n) is 2.40. The van der Waals surface area contributed by atoms with Crippen LogP contribution in [0, 0.1) is 6.07 Å². The van der Waals surface area contributed by atoms with Crippen molar-refractivity contribution in [2.24, 2.45) is 0 Å². The molecule has 0 atom stereocenters. The van der Waals surface area contributed by atoms with Crippen LogP contribution in [0.4, 0.5) is 0 Å². The molecular weight excluding hydrogens is 269 g/mol. The van der Waals surface area contributed by atoms with Gasteiger partial charge in [0, 0.05) is 5.75 Å². The van der Waals surface area contributed by atoms with Crippen LogP contribution in [0.25, 0.3) is 0 Å². The first kappa shape index (κ1) is 12.1. The zero-order valence-electron chi connectivity index (χ0n) is 7.38. The normalized spacial score (nSPS) is 8.83. The van der Waals surface area contributed by atoms with E-state index in [9.17, 15) is 0 Å². The van der Waals surface area contributed by atoms with E-state index in [1.54, 1.807) is 0 Å². The Morgan fingerprint density at radius 3 is 2.25 bits per heavy atom. The molecule has 0 saturated carbocycles. The minimum atomic E-state index is 0.252. The Hall–Kier alpha value is 0.123. The van der Waals surface area contributed by atoms with Gasteiger partial charge < -0.3 is 4.74 Å². The molecule has 1 rings (SSSR count). The molecule has 0 aliphatic carbocycles. The predicted molar refractivity (Wildman–Crippen MR) is 50.0 cm³/mol. The Bertz CT molecular complexity index is 189. The van der Waals surface area contributed by atoms with Gasteiger partial charge in [0.1, 0.15) is 0 Å². The van der Waals surface area contributed by atoms with Gasteiger partial charge in [0.05, 0.1) is 6.10 Å². The summed E-state index contributed by atoms with van der Waals surface area (Å²) in [6, 6.07) is 10.4. The first-order valence-electron chi connectivity index (χ1n) is 3.68. The molecule has 3 heteroatoms. The summed E-state index contributed by atoms with van der Waals surface area (Å²) in [4.78, 5) is 0. The van der Waals surface area contributed by atoms with Crippen molar-refractivity contribution in [3.63, 3.8) is 0 Å². The second kappa shape index (κ2) is 7.76. The molecule has 0 unspecified atom stereocenters. The number of rotatable bonds is 2. The average Bonchev–Trinajstić information content (AvgIpc) is 2.08. The van der Waals surface area contributed by atoms with Crippen molar-refractivity contribution in [3.05, 3.63) is 30.3 Å². The maximum absolute atomic E-state index is 5.39. The average molecular weight is 280 g/mol. The standard InChI is InChI=1S/C9H11O.BrH.Zn/c1-8(2)10-9-6-4-3-5-7-9;;/h4-8H,1-2H3;1H;/q-1;;+2/p-1. The van der Waals surface area contributed by atoms with E-state index in [2.05, 4.69) is 19.7 Å². The Kier molecular flexibility index (Phi) is 7.84. The van der Waals surface area contributed by atoms with Gasteiger partial charge in [-0.15, -0.1) is 12.1 Å². The van der Waals surface area contributed by atoms with Crippen molar-refractivity contribution in [3.8, 4) is 5.75 Å². The van der Waals surface area contributed by atoms with Crippen LogP contribution in [-0.2, 0) is 16.3 Å². The fraction of sp³-hybridized carbons (Fsp3) is 0.333. The SMILES string of the molecule is CC(C)Oc1cc[c-]cc1.[Zn+][Br]. The molecule has 62 valence electrons. The van der Waals surface area contributed by atoms with Crippen LogP contribution in [-0.4, -0.2) is 6.10 Å². The van der Waals surface area contributed by atoms with E-state index in [4.69, 9.17) is 4.74 Å². The first-order valence-corrected chi connectivity index (χ1v) is 10.6. The second-order valence-corrected chi connectivity index (χ2v) is 2.40. The molecule has 0 bridgehead atoms. The van der Waals surface area contributed by atoms with Gasteiger partial charge in [0.25, 0.3) is 0 Å². The summed E-state index contributed by atoms with van der Waals surface area (Å²) >= 11 is 4.25. The van der Waals surface area contributed by atoms with Gasteiger partial charge in [-0.05, 0) is 13.8 Å². The number of benzene rings is 1. The van der Waals surface area contributed by atoms with Gasteiger partial charge in [-0.3, -0.25) is 0 Å². The molecule has 0 N–H and O–H groups in total. The zero-order valence-corrected chi connectivity index (χ0v) is 11.9. The van der Waals surface area contributed by atoms with E-state index >= 15 is 0 Å². The van der Waals surface area contributed by atoms with Crippen LogP contribution in [0.5, 0.6) is 5.75 Å². The number of ether oxygens (including phenoxy) is 1. The summed E-state index contributed by atoms with van der Waals surface area (Å²) in [7, 11) is 0. The molecule has 1 aromatic carbocycles. The van der Waals surface area contributed by atoms with Crippen LogP contribution >= 0.6 is 13.6 Å². The number of hydrogen-bond donors (Lipinski definition) is 0. The van der Waals surface area contributed by atoms with E-state index in [1.807, 2.05) is 38.1 Å². The Labute approximate surface area is 90.5 Å². The third-order valence-corrected chi connectivity index (χ3v) is 1.06. The topological polar surface area (TPSA) is 9.23 Å². The number of halogens is 1. The molecule has 0 spiro atoms. The molecule has 1 nitrogen and oxygen atoms in total. The molecule has 1 aromatic rings. The fourth-order valence-electron chi connectivity index (χ4n) is 0.722. The van der Waals surface area contributed by atoms with Gasteiger partial charge in [-0.1, -0.05) is 0 Å². The summed E-state index contributed by atoms with van der Waals surface area (Å²) in [6.07, 6.45) is 0.252. The van der Waals surface area contributed by atoms with Crippen LogP contribution in [0.2, 0.25) is 0 Å². The van der Waals surface area contributed by atoms with Crippen molar-refractivity contribution in [1.29, 1.82) is 0 Å². The van der Waals surface area contributed by atoms with Crippen LogP contribution in [0.15, 0.2) is 24.3 Å². The monoisotopic (exact) mass is 278 g/mol. The first-order chi connectivity index (χ1) is 5.79. The van der Waals surface area contributed by atoms with E-state index in [1.165, 1.54) is 16.3 Å². The summed E-state index contributed by atoms with van der Waals surface area (Å²) in [5, 5.41) is 0. The Balaban J connectivity index is 0.000000561. The Morgan fingerprint density at radius 2 is 1.83 bits per heavy atom. The third-order valence-electron chi connectivity index (χ3n) is 1.06. The fourth-order valence-corrected chi connectivity index (χ4v) is 0.722. The Morgan fingerprint density at radius 1 is 1.33 bits per heavy atom. The van der Waals surface area contributed by atoms with Crippen molar-refractivity contribution in [2.75, 3.05) is 0 Å². The summed E-state index contributed by atoms with van der Waals surface area (Å²) in [6.45, 7) is 4.02. The van der Waals surface area contributed by atoms with Crippen molar-refractivity contribution >= 4 is 13.6 Å². The molecule has 0 fully saturated rings. The molecule has 0 aromatic heterocycles. The summed E-state index contributed by atoms with van der Waals surface area (Å²) < 4.78 is 5.39. The van der Waals surface area contributed by atoms with Crippen LogP contribution in [0.3, 0.4) is 0 Å². The quantitative estimate of drug-likeness (QED) is 0.597. The van der Waals surface area contributed by atoms with Gasteiger partial charge in [-0.25, -0.2) is 0 Å². The van der Waals surface area contributed by atoms with Crippen molar-refractivity contribution in [2.45, 2.75) is 20.0 Å². The zero-order chi connectivity index (χ0) is 9.40. The third kappa shape index (κ3) is 5.73. The van der Waals surface area contributed by atoms with Gasteiger partial charge >= 0.3 is 30.0 Å². The molecule has 0 heterocycles. The molecule has 0 saturated heterocycles. The number of hydrogen-bond acceptors (Lipinski definition) is 1. The van der Waals surface area contributed by atoms with Crippen LogP contribution < -0.4 is 4.74 Å². The predicted octanol–water partition coefficient (Wildman–Crippen LogP) is 3.12. The molecule has 12 heavy (non-hydrogen) atoms. The molecule has 0 aliphatic rings. The van der Waals surface area contributed by atoms with Crippen molar-refractivity contribution < 1.29 is 21.1 Å². The van der Waals surface area contributed by atoms with E-state index in [0.29, 0.717) is 0 Å². The summed E-state index contributed by atoms with van der Waals surface area (Å²) in [5.74, 6) is 0.911. The van der Waals surface area contributed by atoms with Gasteiger partial charge in [0.15, 0.2) is 0 Å². The summed E-state index contributed by atoms with van der Waals surface area (Å²) in [5.41, 5.74) is 0. The maximum atomic E-state index is 5.39. The molecule has 0 aliphatic heterocycles. The van der Waals surface area contributed by atoms with E-state index < -0.39 is 0 Å². The minimum absolute atomic E-state index is 0.252.